The van der Waals surface area contributed by atoms with Crippen LogP contribution in [-0.2, 0) is 9.16 Å². The van der Waals surface area contributed by atoms with Crippen molar-refractivity contribution in [2.75, 3.05) is 13.2 Å². The summed E-state index contributed by atoms with van der Waals surface area (Å²) >= 11 is 0. The van der Waals surface area contributed by atoms with Gasteiger partial charge in [0.25, 0.3) is 0 Å². The van der Waals surface area contributed by atoms with Crippen LogP contribution in [0.15, 0.2) is 0 Å². The van der Waals surface area contributed by atoms with E-state index in [1.807, 2.05) is 0 Å². The summed E-state index contributed by atoms with van der Waals surface area (Å²) in [7, 11) is -1.61. The number of hydrogen-bond acceptors (Lipinski definition) is 2. The minimum absolute atomic E-state index is 0.319. The molecule has 1 saturated heterocycles. The lowest BCUT2D eigenvalue weighted by molar-refractivity contribution is -0.0373. The van der Waals surface area contributed by atoms with Crippen molar-refractivity contribution in [3.63, 3.8) is 0 Å². The van der Waals surface area contributed by atoms with E-state index in [2.05, 4.69) is 33.9 Å². The molecule has 3 heteroatoms. The van der Waals surface area contributed by atoms with Crippen molar-refractivity contribution in [3.05, 3.63) is 0 Å². The van der Waals surface area contributed by atoms with Crippen LogP contribution in [-0.4, -0.2) is 27.6 Å². The summed E-state index contributed by atoms with van der Waals surface area (Å²) in [4.78, 5) is 0. The maximum Gasteiger partial charge on any atom is 0.192 e. The molecule has 0 radical (unpaired) electrons. The fourth-order valence-electron chi connectivity index (χ4n) is 2.41. The summed E-state index contributed by atoms with van der Waals surface area (Å²) in [6.45, 7) is 13.5. The first-order valence-corrected chi connectivity index (χ1v) is 9.98. The molecule has 0 N–H and O–H groups in total. The van der Waals surface area contributed by atoms with Crippen molar-refractivity contribution in [1.82, 2.24) is 0 Å². The average molecular weight is 256 g/mol. The second kappa shape index (κ2) is 4.67. The van der Waals surface area contributed by atoms with Gasteiger partial charge in [-0.1, -0.05) is 20.8 Å². The molecule has 0 amide bonds. The average Bonchev–Trinajstić information content (AvgIpc) is 2.99. The third-order valence-electron chi connectivity index (χ3n) is 4.81. The third kappa shape index (κ3) is 3.12. The Bertz CT molecular complexity index is 266. The summed E-state index contributed by atoms with van der Waals surface area (Å²) in [5, 5.41) is 0.319. The van der Waals surface area contributed by atoms with E-state index in [0.717, 1.165) is 25.6 Å². The van der Waals surface area contributed by atoms with Crippen molar-refractivity contribution >= 4 is 8.32 Å². The van der Waals surface area contributed by atoms with E-state index in [1.54, 1.807) is 0 Å². The first-order chi connectivity index (χ1) is 7.81. The van der Waals surface area contributed by atoms with E-state index >= 15 is 0 Å². The lowest BCUT2D eigenvalue weighted by Crippen LogP contribution is -2.48. The van der Waals surface area contributed by atoms with E-state index in [4.69, 9.17) is 9.16 Å². The Kier molecular flexibility index (Phi) is 3.73. The van der Waals surface area contributed by atoms with Gasteiger partial charge in [-0.2, -0.15) is 0 Å². The Morgan fingerprint density at radius 2 is 1.76 bits per heavy atom. The minimum atomic E-state index is -1.61. The maximum atomic E-state index is 6.62. The summed E-state index contributed by atoms with van der Waals surface area (Å²) in [6, 6.07) is 0. The molecule has 1 aliphatic carbocycles. The van der Waals surface area contributed by atoms with Crippen LogP contribution in [0.1, 0.15) is 40.0 Å². The molecule has 1 heterocycles. The van der Waals surface area contributed by atoms with Gasteiger partial charge in [-0.3, -0.25) is 0 Å². The van der Waals surface area contributed by atoms with Crippen molar-refractivity contribution in [3.8, 4) is 0 Å². The zero-order valence-corrected chi connectivity index (χ0v) is 13.1. The van der Waals surface area contributed by atoms with Crippen LogP contribution >= 0.6 is 0 Å². The van der Waals surface area contributed by atoms with Crippen LogP contribution < -0.4 is 0 Å². The Labute approximate surface area is 107 Å². The summed E-state index contributed by atoms with van der Waals surface area (Å²) < 4.78 is 12.3. The summed E-state index contributed by atoms with van der Waals surface area (Å²) in [6.07, 6.45) is 4.36. The molecule has 1 saturated carbocycles. The highest BCUT2D eigenvalue weighted by molar-refractivity contribution is 6.74. The molecule has 0 bridgehead atoms. The molecule has 1 aliphatic heterocycles. The van der Waals surface area contributed by atoms with E-state index in [0.29, 0.717) is 17.1 Å². The molecule has 0 spiro atoms. The van der Waals surface area contributed by atoms with Crippen molar-refractivity contribution in [1.29, 1.82) is 0 Å². The second-order valence-electron chi connectivity index (χ2n) is 7.28. The molecule has 2 fully saturated rings. The van der Waals surface area contributed by atoms with Crippen molar-refractivity contribution < 1.29 is 9.16 Å². The monoisotopic (exact) mass is 256 g/mol. The molecule has 2 unspecified atom stereocenters. The number of ether oxygens (including phenoxy) is 1. The van der Waals surface area contributed by atoms with Crippen molar-refractivity contribution in [2.24, 2.45) is 11.8 Å². The smallest absolute Gasteiger partial charge is 0.192 e. The second-order valence-corrected chi connectivity index (χ2v) is 12.0. The zero-order chi connectivity index (χ0) is 12.7. The first-order valence-electron chi connectivity index (χ1n) is 7.07. The van der Waals surface area contributed by atoms with Crippen LogP contribution in [0.4, 0.5) is 0 Å². The number of rotatable bonds is 3. The first kappa shape index (κ1) is 13.6. The van der Waals surface area contributed by atoms with Crippen molar-refractivity contribution in [2.45, 2.75) is 64.3 Å². The Balaban J connectivity index is 2.00. The van der Waals surface area contributed by atoms with Gasteiger partial charge < -0.3 is 9.16 Å². The molecule has 2 rings (SSSR count). The topological polar surface area (TPSA) is 18.5 Å². The molecular weight excluding hydrogens is 228 g/mol. The highest BCUT2D eigenvalue weighted by Crippen LogP contribution is 2.44. The quantitative estimate of drug-likeness (QED) is 0.715. The summed E-state index contributed by atoms with van der Waals surface area (Å²) in [5.41, 5.74) is 0. The molecule has 2 aliphatic rings. The van der Waals surface area contributed by atoms with Gasteiger partial charge in [0.2, 0.25) is 0 Å². The van der Waals surface area contributed by atoms with Crippen LogP contribution in [0, 0.1) is 11.8 Å². The van der Waals surface area contributed by atoms with Gasteiger partial charge in [0.15, 0.2) is 8.32 Å². The third-order valence-corrected chi connectivity index (χ3v) is 9.32. The van der Waals surface area contributed by atoms with Gasteiger partial charge in [-0.15, -0.1) is 0 Å². The predicted octanol–water partition coefficient (Wildman–Crippen LogP) is 3.82. The highest BCUT2D eigenvalue weighted by Gasteiger charge is 2.44. The Hall–Kier alpha value is 0.137. The zero-order valence-electron chi connectivity index (χ0n) is 12.1. The van der Waals surface area contributed by atoms with Crippen LogP contribution in [0.3, 0.4) is 0 Å². The number of hydrogen-bond donors (Lipinski definition) is 0. The molecule has 2 nitrogen and oxygen atoms in total. The van der Waals surface area contributed by atoms with Gasteiger partial charge in [0, 0.05) is 12.5 Å². The lowest BCUT2D eigenvalue weighted by Gasteiger charge is -2.43. The van der Waals surface area contributed by atoms with Crippen LogP contribution in [0.5, 0.6) is 0 Å². The van der Waals surface area contributed by atoms with Crippen LogP contribution in [0.25, 0.3) is 0 Å². The maximum absolute atomic E-state index is 6.62. The lowest BCUT2D eigenvalue weighted by atomic mass is 9.94. The molecule has 2 atom stereocenters. The predicted molar refractivity (Wildman–Crippen MR) is 73.7 cm³/mol. The van der Waals surface area contributed by atoms with E-state index in [-0.39, 0.29) is 0 Å². The van der Waals surface area contributed by atoms with Gasteiger partial charge >= 0.3 is 0 Å². The largest absolute Gasteiger partial charge is 0.413 e. The molecule has 0 aromatic rings. The minimum Gasteiger partial charge on any atom is -0.413 e. The molecule has 0 aromatic heterocycles. The van der Waals surface area contributed by atoms with Gasteiger partial charge in [-0.05, 0) is 43.3 Å². The SMILES string of the molecule is CC(C)(C)[Si](C)(C)OC1CCOCC1C1CC1. The molecule has 17 heavy (non-hydrogen) atoms. The molecule has 100 valence electrons. The standard InChI is InChI=1S/C14H28O2Si/c1-14(2,3)17(4,5)16-13-8-9-15-10-12(13)11-6-7-11/h11-13H,6-10H2,1-5H3. The molecular formula is C14H28O2Si. The van der Waals surface area contributed by atoms with E-state index in [9.17, 15) is 0 Å². The Morgan fingerprint density at radius 3 is 2.29 bits per heavy atom. The summed E-state index contributed by atoms with van der Waals surface area (Å²) in [5.74, 6) is 1.57. The highest BCUT2D eigenvalue weighted by atomic mass is 28.4. The van der Waals surface area contributed by atoms with Gasteiger partial charge in [0.05, 0.1) is 12.7 Å². The Morgan fingerprint density at radius 1 is 1.12 bits per heavy atom. The van der Waals surface area contributed by atoms with Crippen LogP contribution in [0.2, 0.25) is 18.1 Å². The van der Waals surface area contributed by atoms with Gasteiger partial charge in [-0.25, -0.2) is 0 Å². The molecule has 0 aromatic carbocycles. The fraction of sp³-hybridized carbons (Fsp3) is 1.00. The van der Waals surface area contributed by atoms with E-state index < -0.39 is 8.32 Å². The van der Waals surface area contributed by atoms with Gasteiger partial charge in [0.1, 0.15) is 0 Å². The normalized spacial score (nSPS) is 31.6. The van der Waals surface area contributed by atoms with E-state index in [1.165, 1.54) is 12.8 Å². The fourth-order valence-corrected chi connectivity index (χ4v) is 3.81.